The number of amides is 4. The van der Waals surface area contributed by atoms with Crippen LogP contribution in [0.25, 0.3) is 0 Å². The van der Waals surface area contributed by atoms with Crippen LogP contribution in [-0.4, -0.2) is 64.1 Å². The molecule has 1 aromatic carbocycles. The molecule has 3 N–H and O–H groups in total. The zero-order valence-electron chi connectivity index (χ0n) is 17.5. The number of nitrogens with two attached hydrogens (primary N) is 1. The van der Waals surface area contributed by atoms with Gasteiger partial charge in [0.15, 0.2) is 0 Å². The van der Waals surface area contributed by atoms with Gasteiger partial charge in [-0.3, -0.25) is 9.59 Å². The fourth-order valence-electron chi connectivity index (χ4n) is 4.82. The van der Waals surface area contributed by atoms with Gasteiger partial charge in [-0.1, -0.05) is 24.3 Å². The highest BCUT2D eigenvalue weighted by atomic mass is 32.2. The molecule has 0 aromatic heterocycles. The fourth-order valence-corrected chi connectivity index (χ4v) is 5.95. The maximum atomic E-state index is 13.3. The third-order valence-electron chi connectivity index (χ3n) is 6.39. The summed E-state index contributed by atoms with van der Waals surface area (Å²) in [6.07, 6.45) is 6.55. The molecule has 9 heteroatoms. The van der Waals surface area contributed by atoms with Crippen molar-refractivity contribution in [3.05, 3.63) is 35.4 Å². The standard InChI is InChI=1S/C22H29N5O3S/c23-22(30)25-24-12-18-13-31-14-27(18)21(29)19-6-3-9-26(19)20(28)11-15-7-8-16-4-1-2-5-17(16)10-15/h1-2,4-5,12,15,18-19H,3,6-11,13-14H2,(H3,23,25,30)/t15-,18+,19-/m0/s1. The van der Waals surface area contributed by atoms with Crippen LogP contribution in [0.3, 0.4) is 0 Å². The van der Waals surface area contributed by atoms with Gasteiger partial charge in [-0.15, -0.1) is 11.8 Å². The predicted octanol–water partition coefficient (Wildman–Crippen LogP) is 1.73. The molecule has 0 spiro atoms. The number of primary amides is 1. The lowest BCUT2D eigenvalue weighted by Gasteiger charge is -2.31. The highest BCUT2D eigenvalue weighted by Gasteiger charge is 2.40. The van der Waals surface area contributed by atoms with E-state index in [1.165, 1.54) is 11.1 Å². The molecule has 2 heterocycles. The van der Waals surface area contributed by atoms with Gasteiger partial charge in [-0.25, -0.2) is 10.2 Å². The second-order valence-corrected chi connectivity index (χ2v) is 9.46. The largest absolute Gasteiger partial charge is 0.350 e. The summed E-state index contributed by atoms with van der Waals surface area (Å²) in [7, 11) is 0. The SMILES string of the molecule is NC(=O)NN=C[C@@H]1CSCN1C(=O)[C@@H]1CCCN1C(=O)C[C@H]1CCc2ccccc2C1. The molecule has 3 aliphatic rings. The minimum atomic E-state index is -0.738. The number of carbonyl (C=O) groups excluding carboxylic acids is 3. The van der Waals surface area contributed by atoms with Gasteiger partial charge >= 0.3 is 6.03 Å². The minimum absolute atomic E-state index is 0.0274. The zero-order valence-corrected chi connectivity index (χ0v) is 18.4. The molecular weight excluding hydrogens is 414 g/mol. The number of carbonyl (C=O) groups is 3. The predicted molar refractivity (Wildman–Crippen MR) is 120 cm³/mol. The first-order valence-electron chi connectivity index (χ1n) is 10.9. The number of hydrogen-bond acceptors (Lipinski definition) is 5. The van der Waals surface area contributed by atoms with E-state index in [0.29, 0.717) is 36.9 Å². The second-order valence-electron chi connectivity index (χ2n) is 8.46. The van der Waals surface area contributed by atoms with Crippen molar-refractivity contribution in [2.45, 2.75) is 50.6 Å². The molecule has 3 atom stereocenters. The second kappa shape index (κ2) is 9.72. The number of hydrazone groups is 1. The first-order chi connectivity index (χ1) is 15.0. The monoisotopic (exact) mass is 443 g/mol. The molecule has 1 aliphatic carbocycles. The molecule has 2 saturated heterocycles. The van der Waals surface area contributed by atoms with Crippen LogP contribution >= 0.6 is 11.8 Å². The Hall–Kier alpha value is -2.55. The van der Waals surface area contributed by atoms with Crippen molar-refractivity contribution in [1.82, 2.24) is 15.2 Å². The van der Waals surface area contributed by atoms with Crippen molar-refractivity contribution >= 4 is 35.8 Å². The number of urea groups is 1. The molecule has 1 aromatic rings. The number of benzene rings is 1. The van der Waals surface area contributed by atoms with Gasteiger partial charge in [-0.2, -0.15) is 5.10 Å². The van der Waals surface area contributed by atoms with Crippen LogP contribution in [-0.2, 0) is 22.4 Å². The number of aryl methyl sites for hydroxylation is 1. The molecular formula is C22H29N5O3S. The summed E-state index contributed by atoms with van der Waals surface area (Å²) >= 11 is 1.63. The van der Waals surface area contributed by atoms with E-state index in [1.54, 1.807) is 27.8 Å². The van der Waals surface area contributed by atoms with E-state index in [0.717, 1.165) is 25.7 Å². The van der Waals surface area contributed by atoms with E-state index in [4.69, 9.17) is 5.73 Å². The van der Waals surface area contributed by atoms with Crippen LogP contribution in [0.1, 0.15) is 36.8 Å². The Labute approximate surface area is 186 Å². The van der Waals surface area contributed by atoms with Gasteiger partial charge in [0.25, 0.3) is 0 Å². The van der Waals surface area contributed by atoms with E-state index >= 15 is 0 Å². The Morgan fingerprint density at radius 1 is 1.19 bits per heavy atom. The number of nitrogens with one attached hydrogen (secondary N) is 1. The molecule has 4 rings (SSSR count). The molecule has 166 valence electrons. The number of hydrogen-bond donors (Lipinski definition) is 2. The summed E-state index contributed by atoms with van der Waals surface area (Å²) in [5, 5.41) is 3.82. The lowest BCUT2D eigenvalue weighted by molar-refractivity contribution is -0.144. The average molecular weight is 444 g/mol. The van der Waals surface area contributed by atoms with Gasteiger partial charge in [0.1, 0.15) is 6.04 Å². The Bertz CT molecular complexity index is 876. The molecule has 0 saturated carbocycles. The summed E-state index contributed by atoms with van der Waals surface area (Å²) < 4.78 is 0. The third kappa shape index (κ3) is 5.03. The molecule has 0 bridgehead atoms. The van der Waals surface area contributed by atoms with Gasteiger partial charge < -0.3 is 15.5 Å². The normalized spacial score (nSPS) is 25.6. The maximum Gasteiger partial charge on any atom is 0.332 e. The van der Waals surface area contributed by atoms with Crippen molar-refractivity contribution < 1.29 is 14.4 Å². The van der Waals surface area contributed by atoms with Crippen molar-refractivity contribution in [3.8, 4) is 0 Å². The highest BCUT2D eigenvalue weighted by molar-refractivity contribution is 7.99. The minimum Gasteiger partial charge on any atom is -0.350 e. The summed E-state index contributed by atoms with van der Waals surface area (Å²) in [5.74, 6) is 1.66. The number of rotatable bonds is 5. The Balaban J connectivity index is 1.37. The van der Waals surface area contributed by atoms with Crippen LogP contribution in [0.4, 0.5) is 4.79 Å². The number of nitrogens with zero attached hydrogens (tertiary/aromatic N) is 3. The van der Waals surface area contributed by atoms with Gasteiger partial charge in [0, 0.05) is 24.9 Å². The first kappa shape index (κ1) is 21.7. The van der Waals surface area contributed by atoms with Crippen LogP contribution in [0.15, 0.2) is 29.4 Å². The quantitative estimate of drug-likeness (QED) is 0.534. The summed E-state index contributed by atoms with van der Waals surface area (Å²) in [5.41, 5.74) is 9.95. The maximum absolute atomic E-state index is 13.3. The number of thioether (sulfide) groups is 1. The van der Waals surface area contributed by atoms with Gasteiger partial charge in [-0.05, 0) is 49.1 Å². The van der Waals surface area contributed by atoms with Crippen LogP contribution in [0.5, 0.6) is 0 Å². The fraction of sp³-hybridized carbons (Fsp3) is 0.545. The number of fused-ring (bicyclic) bond motifs is 1. The van der Waals surface area contributed by atoms with E-state index in [2.05, 4.69) is 34.8 Å². The molecule has 0 unspecified atom stereocenters. The highest BCUT2D eigenvalue weighted by Crippen LogP contribution is 2.30. The molecule has 4 amide bonds. The van der Waals surface area contributed by atoms with Crippen molar-refractivity contribution in [2.75, 3.05) is 18.2 Å². The Morgan fingerprint density at radius 3 is 2.81 bits per heavy atom. The van der Waals surface area contributed by atoms with E-state index in [1.807, 2.05) is 0 Å². The first-order valence-corrected chi connectivity index (χ1v) is 12.0. The van der Waals surface area contributed by atoms with E-state index in [9.17, 15) is 14.4 Å². The van der Waals surface area contributed by atoms with Crippen LogP contribution in [0, 0.1) is 5.92 Å². The Morgan fingerprint density at radius 2 is 2.00 bits per heavy atom. The summed E-state index contributed by atoms with van der Waals surface area (Å²) in [6.45, 7) is 0.640. The Kier molecular flexibility index (Phi) is 6.80. The van der Waals surface area contributed by atoms with Gasteiger partial charge in [0.2, 0.25) is 11.8 Å². The van der Waals surface area contributed by atoms with E-state index < -0.39 is 12.1 Å². The van der Waals surface area contributed by atoms with Crippen molar-refractivity contribution in [3.63, 3.8) is 0 Å². The number of likely N-dealkylation sites (tertiary alicyclic amines) is 1. The summed E-state index contributed by atoms with van der Waals surface area (Å²) in [6, 6.07) is 7.12. The topological polar surface area (TPSA) is 108 Å². The third-order valence-corrected chi connectivity index (χ3v) is 7.43. The van der Waals surface area contributed by atoms with Crippen molar-refractivity contribution in [2.24, 2.45) is 16.8 Å². The lowest BCUT2D eigenvalue weighted by atomic mass is 9.82. The lowest BCUT2D eigenvalue weighted by Crippen LogP contribution is -2.50. The van der Waals surface area contributed by atoms with Crippen LogP contribution in [0.2, 0.25) is 0 Å². The van der Waals surface area contributed by atoms with E-state index in [-0.39, 0.29) is 17.9 Å². The molecule has 31 heavy (non-hydrogen) atoms. The zero-order chi connectivity index (χ0) is 21.8. The van der Waals surface area contributed by atoms with Crippen molar-refractivity contribution in [1.29, 1.82) is 0 Å². The van der Waals surface area contributed by atoms with Crippen LogP contribution < -0.4 is 11.2 Å². The molecule has 8 nitrogen and oxygen atoms in total. The smallest absolute Gasteiger partial charge is 0.332 e. The average Bonchev–Trinajstić information content (AvgIpc) is 3.43. The molecule has 0 radical (unpaired) electrons. The summed E-state index contributed by atoms with van der Waals surface area (Å²) in [4.78, 5) is 40.8. The molecule has 2 fully saturated rings. The molecule has 2 aliphatic heterocycles. The van der Waals surface area contributed by atoms with Gasteiger partial charge in [0.05, 0.1) is 11.9 Å².